The van der Waals surface area contributed by atoms with Crippen molar-refractivity contribution in [1.82, 2.24) is 5.32 Å². The zero-order valence-electron chi connectivity index (χ0n) is 11.4. The highest BCUT2D eigenvalue weighted by molar-refractivity contribution is 5.98. The number of Topliss-reactive ketones (excluding diaryl/α,β-unsaturated/α-hetero) is 1. The van der Waals surface area contributed by atoms with Gasteiger partial charge >= 0.3 is 0 Å². The summed E-state index contributed by atoms with van der Waals surface area (Å²) in [6.45, 7) is 0.750. The van der Waals surface area contributed by atoms with Crippen LogP contribution in [0.5, 0.6) is 5.75 Å². The van der Waals surface area contributed by atoms with Gasteiger partial charge in [0.1, 0.15) is 5.75 Å². The number of hydrogen-bond donors (Lipinski definition) is 1. The van der Waals surface area contributed by atoms with Gasteiger partial charge in [0, 0.05) is 23.9 Å². The van der Waals surface area contributed by atoms with Crippen molar-refractivity contribution >= 4 is 5.78 Å². The Morgan fingerprint density at radius 1 is 1.26 bits per heavy atom. The van der Waals surface area contributed by atoms with Gasteiger partial charge in [-0.3, -0.25) is 4.79 Å². The topological polar surface area (TPSA) is 38.3 Å². The van der Waals surface area contributed by atoms with Crippen LogP contribution in [0.1, 0.15) is 41.6 Å². The van der Waals surface area contributed by atoms with Gasteiger partial charge < -0.3 is 10.1 Å². The number of hydrogen-bond acceptors (Lipinski definition) is 3. The molecule has 1 saturated carbocycles. The van der Waals surface area contributed by atoms with Gasteiger partial charge in [-0.15, -0.1) is 0 Å². The van der Waals surface area contributed by atoms with E-state index in [9.17, 15) is 4.79 Å². The summed E-state index contributed by atoms with van der Waals surface area (Å²) in [5.74, 6) is 1.49. The van der Waals surface area contributed by atoms with Crippen LogP contribution in [0.3, 0.4) is 0 Å². The number of nitrogens with one attached hydrogen (secondary N) is 1. The van der Waals surface area contributed by atoms with E-state index in [-0.39, 0.29) is 5.92 Å². The number of fused-ring (bicyclic) bond motifs is 1. The molecule has 0 spiro atoms. The molecule has 1 N–H and O–H groups in total. The first-order chi connectivity index (χ1) is 9.28. The molecule has 0 bridgehead atoms. The molecule has 0 amide bonds. The van der Waals surface area contributed by atoms with Crippen LogP contribution in [0.15, 0.2) is 18.2 Å². The molecule has 3 rings (SSSR count). The van der Waals surface area contributed by atoms with Gasteiger partial charge in [0.15, 0.2) is 5.78 Å². The smallest absolute Gasteiger partial charge is 0.165 e. The third kappa shape index (κ3) is 2.52. The molecular formula is C16H21NO2. The second-order valence-corrected chi connectivity index (χ2v) is 5.62. The highest BCUT2D eigenvalue weighted by Crippen LogP contribution is 2.30. The third-order valence-electron chi connectivity index (χ3n) is 4.48. The number of ether oxygens (including phenoxy) is 1. The molecule has 1 aliphatic heterocycles. The van der Waals surface area contributed by atoms with E-state index in [0.717, 1.165) is 50.0 Å². The maximum Gasteiger partial charge on any atom is 0.165 e. The SMILES string of the molecule is CNC1CCC(C(=O)c2ccc3c(c2)CCO3)CC1. The summed E-state index contributed by atoms with van der Waals surface area (Å²) in [7, 11) is 2.01. The molecule has 3 heteroatoms. The van der Waals surface area contributed by atoms with Crippen molar-refractivity contribution in [3.63, 3.8) is 0 Å². The number of carbonyl (C=O) groups excluding carboxylic acids is 1. The van der Waals surface area contributed by atoms with E-state index in [1.165, 1.54) is 5.56 Å². The Bertz CT molecular complexity index is 476. The molecule has 1 aromatic carbocycles. The zero-order valence-corrected chi connectivity index (χ0v) is 11.4. The highest BCUT2D eigenvalue weighted by Gasteiger charge is 2.27. The summed E-state index contributed by atoms with van der Waals surface area (Å²) >= 11 is 0. The van der Waals surface area contributed by atoms with Crippen LogP contribution in [0.2, 0.25) is 0 Å². The standard InChI is InChI=1S/C16H21NO2/c1-17-14-5-2-11(3-6-14)16(18)13-4-7-15-12(10-13)8-9-19-15/h4,7,10-11,14,17H,2-3,5-6,8-9H2,1H3. The van der Waals surface area contributed by atoms with E-state index in [1.807, 2.05) is 25.2 Å². The molecule has 1 aromatic rings. The first kappa shape index (κ1) is 12.7. The summed E-state index contributed by atoms with van der Waals surface area (Å²) < 4.78 is 5.49. The Morgan fingerprint density at radius 3 is 2.79 bits per heavy atom. The van der Waals surface area contributed by atoms with Crippen LogP contribution >= 0.6 is 0 Å². The van der Waals surface area contributed by atoms with Crippen molar-refractivity contribution in [3.8, 4) is 5.75 Å². The molecule has 102 valence electrons. The minimum Gasteiger partial charge on any atom is -0.493 e. The molecule has 0 atom stereocenters. The monoisotopic (exact) mass is 259 g/mol. The van der Waals surface area contributed by atoms with Crippen LogP contribution in [0.25, 0.3) is 0 Å². The molecule has 2 aliphatic rings. The zero-order chi connectivity index (χ0) is 13.2. The lowest BCUT2D eigenvalue weighted by Crippen LogP contribution is -2.32. The number of rotatable bonds is 3. The fourth-order valence-electron chi connectivity index (χ4n) is 3.22. The van der Waals surface area contributed by atoms with E-state index in [4.69, 9.17) is 4.74 Å². The lowest BCUT2D eigenvalue weighted by Gasteiger charge is -2.27. The fourth-order valence-corrected chi connectivity index (χ4v) is 3.22. The molecule has 19 heavy (non-hydrogen) atoms. The molecular weight excluding hydrogens is 238 g/mol. The molecule has 1 fully saturated rings. The van der Waals surface area contributed by atoms with Crippen LogP contribution in [-0.2, 0) is 6.42 Å². The molecule has 1 aliphatic carbocycles. The normalized spacial score (nSPS) is 25.7. The van der Waals surface area contributed by atoms with Crippen LogP contribution < -0.4 is 10.1 Å². The summed E-state index contributed by atoms with van der Waals surface area (Å²) in [5.41, 5.74) is 2.06. The predicted octanol–water partition coefficient (Wildman–Crippen LogP) is 2.58. The molecule has 0 unspecified atom stereocenters. The quantitative estimate of drug-likeness (QED) is 0.848. The lowest BCUT2D eigenvalue weighted by molar-refractivity contribution is 0.0880. The summed E-state index contributed by atoms with van der Waals surface area (Å²) in [6.07, 6.45) is 5.18. The van der Waals surface area contributed by atoms with E-state index in [2.05, 4.69) is 5.32 Å². The molecule has 0 saturated heterocycles. The van der Waals surface area contributed by atoms with Crippen molar-refractivity contribution in [3.05, 3.63) is 29.3 Å². The van der Waals surface area contributed by atoms with Gasteiger partial charge in [-0.25, -0.2) is 0 Å². The number of carbonyl (C=O) groups is 1. The van der Waals surface area contributed by atoms with Gasteiger partial charge in [0.2, 0.25) is 0 Å². The second-order valence-electron chi connectivity index (χ2n) is 5.62. The third-order valence-corrected chi connectivity index (χ3v) is 4.48. The van der Waals surface area contributed by atoms with Crippen molar-refractivity contribution < 1.29 is 9.53 Å². The Morgan fingerprint density at radius 2 is 2.05 bits per heavy atom. The predicted molar refractivity (Wildman–Crippen MR) is 74.8 cm³/mol. The van der Waals surface area contributed by atoms with E-state index in [1.54, 1.807) is 0 Å². The van der Waals surface area contributed by atoms with Crippen molar-refractivity contribution in [2.75, 3.05) is 13.7 Å². The maximum atomic E-state index is 12.5. The first-order valence-electron chi connectivity index (χ1n) is 7.25. The van der Waals surface area contributed by atoms with Gasteiger partial charge in [-0.05, 0) is 56.5 Å². The maximum absolute atomic E-state index is 12.5. The van der Waals surface area contributed by atoms with Crippen molar-refractivity contribution in [2.24, 2.45) is 5.92 Å². The summed E-state index contributed by atoms with van der Waals surface area (Å²) in [5, 5.41) is 3.31. The van der Waals surface area contributed by atoms with Crippen LogP contribution in [0.4, 0.5) is 0 Å². The van der Waals surface area contributed by atoms with Crippen molar-refractivity contribution in [1.29, 1.82) is 0 Å². The number of ketones is 1. The highest BCUT2D eigenvalue weighted by atomic mass is 16.5. The van der Waals surface area contributed by atoms with Crippen LogP contribution in [-0.4, -0.2) is 25.5 Å². The van der Waals surface area contributed by atoms with E-state index in [0.29, 0.717) is 11.8 Å². The van der Waals surface area contributed by atoms with Crippen molar-refractivity contribution in [2.45, 2.75) is 38.1 Å². The lowest BCUT2D eigenvalue weighted by atomic mass is 9.81. The molecule has 0 aromatic heterocycles. The van der Waals surface area contributed by atoms with E-state index >= 15 is 0 Å². The molecule has 3 nitrogen and oxygen atoms in total. The Kier molecular flexibility index (Phi) is 3.56. The fraction of sp³-hybridized carbons (Fsp3) is 0.562. The largest absolute Gasteiger partial charge is 0.493 e. The molecule has 1 heterocycles. The van der Waals surface area contributed by atoms with Gasteiger partial charge in [-0.1, -0.05) is 0 Å². The average molecular weight is 259 g/mol. The first-order valence-corrected chi connectivity index (χ1v) is 7.25. The summed E-state index contributed by atoms with van der Waals surface area (Å²) in [4.78, 5) is 12.5. The van der Waals surface area contributed by atoms with Gasteiger partial charge in [0.05, 0.1) is 6.61 Å². The van der Waals surface area contributed by atoms with E-state index < -0.39 is 0 Å². The van der Waals surface area contributed by atoms with Crippen LogP contribution in [0, 0.1) is 5.92 Å². The Hall–Kier alpha value is -1.35. The van der Waals surface area contributed by atoms with Gasteiger partial charge in [-0.2, -0.15) is 0 Å². The minimum atomic E-state index is 0.213. The molecule has 0 radical (unpaired) electrons. The minimum absolute atomic E-state index is 0.213. The second kappa shape index (κ2) is 5.33. The summed E-state index contributed by atoms with van der Waals surface area (Å²) in [6, 6.07) is 6.51. The Balaban J connectivity index is 1.70. The Labute approximate surface area is 114 Å². The average Bonchev–Trinajstić information content (AvgIpc) is 2.94. The van der Waals surface area contributed by atoms with Gasteiger partial charge in [0.25, 0.3) is 0 Å². The number of benzene rings is 1.